The second kappa shape index (κ2) is 5.55. The van der Waals surface area contributed by atoms with Crippen LogP contribution in [0, 0.1) is 0 Å². The SMILES string of the molecule is C=N/C=C(\C=C(/C)Cl)C(=O)OC. The molecule has 0 aliphatic heterocycles. The van der Waals surface area contributed by atoms with E-state index in [1.54, 1.807) is 6.92 Å². The number of allylic oxidation sites excluding steroid dienone is 1. The fraction of sp³-hybridized carbons (Fsp3) is 0.250. The smallest absolute Gasteiger partial charge is 0.339 e. The highest BCUT2D eigenvalue weighted by atomic mass is 35.5. The predicted molar refractivity (Wildman–Crippen MR) is 49.3 cm³/mol. The molecule has 0 fully saturated rings. The number of nitrogens with zero attached hydrogens (tertiary/aromatic N) is 1. The summed E-state index contributed by atoms with van der Waals surface area (Å²) < 4.78 is 4.47. The van der Waals surface area contributed by atoms with Crippen molar-refractivity contribution in [1.29, 1.82) is 0 Å². The Morgan fingerprint density at radius 1 is 1.67 bits per heavy atom. The van der Waals surface area contributed by atoms with Gasteiger partial charge in [-0.1, -0.05) is 11.6 Å². The number of rotatable bonds is 3. The van der Waals surface area contributed by atoms with Crippen LogP contribution in [0.1, 0.15) is 6.92 Å². The van der Waals surface area contributed by atoms with Gasteiger partial charge in [-0.3, -0.25) is 4.99 Å². The van der Waals surface area contributed by atoms with Crippen molar-refractivity contribution < 1.29 is 9.53 Å². The largest absolute Gasteiger partial charge is 0.465 e. The molecule has 0 heterocycles. The number of aliphatic imine (C=N–C) groups is 1. The topological polar surface area (TPSA) is 38.7 Å². The lowest BCUT2D eigenvalue weighted by Crippen LogP contribution is -2.02. The molecular weight excluding hydrogens is 178 g/mol. The maximum absolute atomic E-state index is 11.0. The molecule has 0 aromatic rings. The van der Waals surface area contributed by atoms with Gasteiger partial charge in [0.1, 0.15) is 0 Å². The number of halogens is 1. The van der Waals surface area contributed by atoms with Crippen molar-refractivity contribution in [3.8, 4) is 0 Å². The summed E-state index contributed by atoms with van der Waals surface area (Å²) in [4.78, 5) is 14.4. The van der Waals surface area contributed by atoms with Crippen LogP contribution < -0.4 is 0 Å². The molecule has 0 aromatic carbocycles. The second-order valence-electron chi connectivity index (χ2n) is 1.99. The van der Waals surface area contributed by atoms with E-state index in [1.165, 1.54) is 19.4 Å². The van der Waals surface area contributed by atoms with Crippen molar-refractivity contribution in [2.45, 2.75) is 6.92 Å². The van der Waals surface area contributed by atoms with E-state index in [0.29, 0.717) is 5.03 Å². The Kier molecular flexibility index (Phi) is 5.04. The van der Waals surface area contributed by atoms with Gasteiger partial charge in [-0.2, -0.15) is 0 Å². The third-order valence-electron chi connectivity index (χ3n) is 1.01. The van der Waals surface area contributed by atoms with E-state index in [1.807, 2.05) is 0 Å². The maximum Gasteiger partial charge on any atom is 0.339 e. The molecule has 0 unspecified atom stereocenters. The highest BCUT2D eigenvalue weighted by molar-refractivity contribution is 6.29. The van der Waals surface area contributed by atoms with E-state index in [0.717, 1.165) is 0 Å². The summed E-state index contributed by atoms with van der Waals surface area (Å²) >= 11 is 5.56. The Morgan fingerprint density at radius 2 is 2.25 bits per heavy atom. The zero-order valence-corrected chi connectivity index (χ0v) is 7.76. The summed E-state index contributed by atoms with van der Waals surface area (Å²) in [6.45, 7) is 4.87. The molecule has 0 saturated carbocycles. The van der Waals surface area contributed by atoms with Crippen LogP contribution in [0.3, 0.4) is 0 Å². The van der Waals surface area contributed by atoms with Gasteiger partial charge in [0, 0.05) is 11.2 Å². The summed E-state index contributed by atoms with van der Waals surface area (Å²) in [6.07, 6.45) is 2.75. The van der Waals surface area contributed by atoms with Crippen LogP contribution in [0.5, 0.6) is 0 Å². The minimum absolute atomic E-state index is 0.278. The van der Waals surface area contributed by atoms with Gasteiger partial charge in [0.05, 0.1) is 12.7 Å². The maximum atomic E-state index is 11.0. The molecular formula is C8H10ClNO2. The van der Waals surface area contributed by atoms with Crippen LogP contribution in [0.2, 0.25) is 0 Å². The molecule has 0 aromatic heterocycles. The standard InChI is InChI=1S/C8H10ClNO2/c1-6(9)4-7(5-10-2)8(11)12-3/h4-5H,2H2,1,3H3/b6-4+,7-5+. The number of carbonyl (C=O) groups excluding carboxylic acids is 1. The highest BCUT2D eigenvalue weighted by Crippen LogP contribution is 2.07. The minimum atomic E-state index is -0.484. The van der Waals surface area contributed by atoms with E-state index in [4.69, 9.17) is 11.6 Å². The van der Waals surface area contributed by atoms with E-state index >= 15 is 0 Å². The fourth-order valence-corrected chi connectivity index (χ4v) is 0.697. The quantitative estimate of drug-likeness (QED) is 0.293. The first-order valence-corrected chi connectivity index (χ1v) is 3.57. The molecule has 0 saturated heterocycles. The van der Waals surface area contributed by atoms with Gasteiger partial charge in [-0.05, 0) is 19.7 Å². The number of ether oxygens (including phenoxy) is 1. The van der Waals surface area contributed by atoms with Crippen LogP contribution in [0.4, 0.5) is 0 Å². The average molecular weight is 188 g/mol. The second-order valence-corrected chi connectivity index (χ2v) is 2.59. The van der Waals surface area contributed by atoms with E-state index in [2.05, 4.69) is 16.4 Å². The van der Waals surface area contributed by atoms with E-state index in [9.17, 15) is 4.79 Å². The van der Waals surface area contributed by atoms with Crippen LogP contribution in [0.25, 0.3) is 0 Å². The number of methoxy groups -OCH3 is 1. The van der Waals surface area contributed by atoms with Crippen LogP contribution >= 0.6 is 11.6 Å². The molecule has 0 bridgehead atoms. The number of hydrogen-bond donors (Lipinski definition) is 0. The summed E-state index contributed by atoms with van der Waals surface area (Å²) in [5, 5.41) is 0.482. The molecule has 4 heteroatoms. The summed E-state index contributed by atoms with van der Waals surface area (Å²) in [5.41, 5.74) is 0.278. The van der Waals surface area contributed by atoms with Gasteiger partial charge in [-0.15, -0.1) is 0 Å². The zero-order valence-electron chi connectivity index (χ0n) is 7.00. The average Bonchev–Trinajstić information content (AvgIpc) is 2.01. The molecule has 3 nitrogen and oxygen atoms in total. The monoisotopic (exact) mass is 187 g/mol. The minimum Gasteiger partial charge on any atom is -0.465 e. The Bertz CT molecular complexity index is 239. The Balaban J connectivity index is 4.68. The Labute approximate surface area is 76.4 Å². The fourth-order valence-electron chi connectivity index (χ4n) is 0.579. The Hall–Kier alpha value is -1.09. The first-order chi connectivity index (χ1) is 5.61. The van der Waals surface area contributed by atoms with E-state index < -0.39 is 5.97 Å². The Morgan fingerprint density at radius 3 is 2.58 bits per heavy atom. The van der Waals surface area contributed by atoms with Gasteiger partial charge in [-0.25, -0.2) is 4.79 Å². The first-order valence-electron chi connectivity index (χ1n) is 3.20. The molecule has 0 spiro atoms. The first kappa shape index (κ1) is 10.9. The molecule has 0 atom stereocenters. The van der Waals surface area contributed by atoms with Crippen LogP contribution in [-0.2, 0) is 9.53 Å². The summed E-state index contributed by atoms with van der Waals surface area (Å²) in [5.74, 6) is -0.484. The van der Waals surface area contributed by atoms with Crippen molar-refractivity contribution in [2.75, 3.05) is 7.11 Å². The van der Waals surface area contributed by atoms with Crippen LogP contribution in [0.15, 0.2) is 27.9 Å². The van der Waals surface area contributed by atoms with Gasteiger partial charge < -0.3 is 4.74 Å². The molecule has 12 heavy (non-hydrogen) atoms. The van der Waals surface area contributed by atoms with Gasteiger partial charge in [0.2, 0.25) is 0 Å². The summed E-state index contributed by atoms with van der Waals surface area (Å²) in [6, 6.07) is 0. The van der Waals surface area contributed by atoms with Crippen molar-refractivity contribution in [1.82, 2.24) is 0 Å². The van der Waals surface area contributed by atoms with Crippen LogP contribution in [-0.4, -0.2) is 19.8 Å². The van der Waals surface area contributed by atoms with Gasteiger partial charge >= 0.3 is 5.97 Å². The molecule has 0 rings (SSSR count). The molecule has 0 aliphatic rings. The third kappa shape index (κ3) is 3.93. The molecule has 66 valence electrons. The number of hydrogen-bond acceptors (Lipinski definition) is 3. The van der Waals surface area contributed by atoms with Crippen molar-refractivity contribution in [3.05, 3.63) is 22.9 Å². The molecule has 0 N–H and O–H groups in total. The molecule has 0 radical (unpaired) electrons. The predicted octanol–water partition coefficient (Wildman–Crippen LogP) is 1.89. The van der Waals surface area contributed by atoms with Gasteiger partial charge in [0.15, 0.2) is 0 Å². The van der Waals surface area contributed by atoms with Crippen molar-refractivity contribution >= 4 is 24.3 Å². The summed E-state index contributed by atoms with van der Waals surface area (Å²) in [7, 11) is 1.29. The molecule has 0 aliphatic carbocycles. The lowest BCUT2D eigenvalue weighted by atomic mass is 10.2. The lowest BCUT2D eigenvalue weighted by molar-refractivity contribution is -0.135. The van der Waals surface area contributed by atoms with E-state index in [-0.39, 0.29) is 5.57 Å². The third-order valence-corrected chi connectivity index (χ3v) is 1.11. The zero-order chi connectivity index (χ0) is 9.56. The van der Waals surface area contributed by atoms with Crippen molar-refractivity contribution in [2.24, 2.45) is 4.99 Å². The van der Waals surface area contributed by atoms with Crippen molar-refractivity contribution in [3.63, 3.8) is 0 Å². The highest BCUT2D eigenvalue weighted by Gasteiger charge is 2.05. The number of carbonyl (C=O) groups is 1. The lowest BCUT2D eigenvalue weighted by Gasteiger charge is -1.97. The number of esters is 1. The normalized spacial score (nSPS) is 12.6. The van der Waals surface area contributed by atoms with Gasteiger partial charge in [0.25, 0.3) is 0 Å². The molecule has 0 amide bonds.